The number of nitrogens with one attached hydrogen (secondary N) is 1. The van der Waals surface area contributed by atoms with Crippen LogP contribution in [-0.2, 0) is 4.79 Å². The highest BCUT2D eigenvalue weighted by molar-refractivity contribution is 6.00. The van der Waals surface area contributed by atoms with Crippen LogP contribution in [0.5, 0.6) is 11.5 Å². The second-order valence-corrected chi connectivity index (χ2v) is 5.96. The molecule has 2 aromatic carbocycles. The molecule has 2 aromatic rings. The number of nitrogens with zero attached hydrogens (tertiary/aromatic N) is 1. The maximum Gasteiger partial charge on any atom is 0.259 e. The molecule has 1 N–H and O–H groups in total. The minimum Gasteiger partial charge on any atom is -0.456 e. The Balaban J connectivity index is 1.93. The van der Waals surface area contributed by atoms with Gasteiger partial charge in [-0.25, -0.2) is 4.39 Å². The molecule has 0 bridgehead atoms. The minimum atomic E-state index is -0.486. The van der Waals surface area contributed by atoms with E-state index in [1.165, 1.54) is 42.5 Å². The number of halogens is 1. The summed E-state index contributed by atoms with van der Waals surface area (Å²) in [5.41, 5.74) is 1.43. The Labute approximate surface area is 155 Å². The fourth-order valence-electron chi connectivity index (χ4n) is 2.57. The van der Waals surface area contributed by atoms with Crippen LogP contribution >= 0.6 is 0 Å². The molecule has 0 heterocycles. The van der Waals surface area contributed by atoms with Crippen LogP contribution in [0.4, 0.5) is 4.39 Å². The predicted molar refractivity (Wildman–Crippen MR) is 96.7 cm³/mol. The lowest BCUT2D eigenvalue weighted by Crippen LogP contribution is -2.24. The summed E-state index contributed by atoms with van der Waals surface area (Å²) in [6.45, 7) is 1.68. The number of ether oxygens (including phenoxy) is 1. The first-order chi connectivity index (χ1) is 13.0. The van der Waals surface area contributed by atoms with Crippen LogP contribution in [-0.4, -0.2) is 11.7 Å². The molecule has 0 unspecified atom stereocenters. The Morgan fingerprint density at radius 1 is 1.22 bits per heavy atom. The number of carbonyl (C=O) groups is 2. The molecular weight excluding hydrogens is 347 g/mol. The Morgan fingerprint density at radius 2 is 2.04 bits per heavy atom. The van der Waals surface area contributed by atoms with Crippen LogP contribution in [0, 0.1) is 24.1 Å². The topological polar surface area (TPSA) is 79.2 Å². The summed E-state index contributed by atoms with van der Waals surface area (Å²) in [6.07, 6.45) is 4.96. The van der Waals surface area contributed by atoms with E-state index >= 15 is 0 Å². The van der Waals surface area contributed by atoms with Gasteiger partial charge in [-0.2, -0.15) is 5.26 Å². The van der Waals surface area contributed by atoms with Crippen molar-refractivity contribution < 1.29 is 18.7 Å². The summed E-state index contributed by atoms with van der Waals surface area (Å²) in [4.78, 5) is 24.1. The Morgan fingerprint density at radius 3 is 2.74 bits per heavy atom. The van der Waals surface area contributed by atoms with Crippen LogP contribution < -0.4 is 10.1 Å². The molecule has 1 aliphatic rings. The SMILES string of the molecule is Cc1cc(F)ccc1Oc1cc(C#N)ccc1C(=O)NC1=CC(=O)CC=C1. The van der Waals surface area contributed by atoms with Crippen molar-refractivity contribution >= 4 is 11.7 Å². The fraction of sp³-hybridized carbons (Fsp3) is 0.0952. The Hall–Kier alpha value is -3.72. The molecular formula is C21H15FN2O3. The third-order valence-corrected chi connectivity index (χ3v) is 3.90. The van der Waals surface area contributed by atoms with E-state index in [0.717, 1.165) is 0 Å². The van der Waals surface area contributed by atoms with Gasteiger partial charge >= 0.3 is 0 Å². The van der Waals surface area contributed by atoms with Crippen LogP contribution in [0.1, 0.15) is 27.9 Å². The average molecular weight is 362 g/mol. The Kier molecular flexibility index (Phi) is 5.13. The second-order valence-electron chi connectivity index (χ2n) is 5.96. The molecule has 0 radical (unpaired) electrons. The van der Waals surface area contributed by atoms with Gasteiger partial charge in [0.1, 0.15) is 17.3 Å². The lowest BCUT2D eigenvalue weighted by atomic mass is 10.1. The van der Waals surface area contributed by atoms with Gasteiger partial charge in [0.05, 0.1) is 17.2 Å². The van der Waals surface area contributed by atoms with Gasteiger partial charge in [-0.15, -0.1) is 0 Å². The van der Waals surface area contributed by atoms with Gasteiger partial charge in [-0.05, 0) is 55.0 Å². The first-order valence-corrected chi connectivity index (χ1v) is 8.17. The van der Waals surface area contributed by atoms with Crippen LogP contribution in [0.15, 0.2) is 60.3 Å². The van der Waals surface area contributed by atoms with Crippen LogP contribution in [0.2, 0.25) is 0 Å². The number of hydrogen-bond acceptors (Lipinski definition) is 4. The molecule has 1 amide bonds. The van der Waals surface area contributed by atoms with E-state index in [1.54, 1.807) is 19.1 Å². The summed E-state index contributed by atoms with van der Waals surface area (Å²) in [7, 11) is 0. The van der Waals surface area contributed by atoms with E-state index in [1.807, 2.05) is 6.07 Å². The van der Waals surface area contributed by atoms with Crippen molar-refractivity contribution in [3.8, 4) is 17.6 Å². The molecule has 0 saturated carbocycles. The zero-order chi connectivity index (χ0) is 19.4. The van der Waals surface area contributed by atoms with Crippen molar-refractivity contribution in [2.24, 2.45) is 0 Å². The summed E-state index contributed by atoms with van der Waals surface area (Å²) in [5.74, 6) is -0.462. The third kappa shape index (κ3) is 4.28. The maximum absolute atomic E-state index is 13.3. The highest BCUT2D eigenvalue weighted by Gasteiger charge is 2.17. The number of aryl methyl sites for hydroxylation is 1. The monoisotopic (exact) mass is 362 g/mol. The smallest absolute Gasteiger partial charge is 0.259 e. The van der Waals surface area contributed by atoms with E-state index in [9.17, 15) is 14.0 Å². The van der Waals surface area contributed by atoms with Gasteiger partial charge in [0, 0.05) is 18.2 Å². The summed E-state index contributed by atoms with van der Waals surface area (Å²) >= 11 is 0. The lowest BCUT2D eigenvalue weighted by molar-refractivity contribution is -0.113. The molecule has 5 nitrogen and oxygen atoms in total. The molecule has 0 aromatic heterocycles. The summed E-state index contributed by atoms with van der Waals surface area (Å²) < 4.78 is 19.1. The van der Waals surface area contributed by atoms with E-state index in [-0.39, 0.29) is 17.1 Å². The van der Waals surface area contributed by atoms with E-state index in [4.69, 9.17) is 10.00 Å². The van der Waals surface area contributed by atoms with E-state index in [0.29, 0.717) is 29.0 Å². The molecule has 1 aliphatic carbocycles. The van der Waals surface area contributed by atoms with Crippen molar-refractivity contribution in [2.75, 3.05) is 0 Å². The molecule has 6 heteroatoms. The summed E-state index contributed by atoms with van der Waals surface area (Å²) in [5, 5.41) is 11.8. The normalized spacial score (nSPS) is 12.9. The number of rotatable bonds is 4. The van der Waals surface area contributed by atoms with E-state index in [2.05, 4.69) is 5.32 Å². The second kappa shape index (κ2) is 7.67. The van der Waals surface area contributed by atoms with Gasteiger partial charge in [-0.1, -0.05) is 6.08 Å². The molecule has 27 heavy (non-hydrogen) atoms. The number of ketones is 1. The van der Waals surface area contributed by atoms with Crippen molar-refractivity contribution in [1.29, 1.82) is 5.26 Å². The van der Waals surface area contributed by atoms with Crippen LogP contribution in [0.25, 0.3) is 0 Å². The fourth-order valence-corrected chi connectivity index (χ4v) is 2.57. The zero-order valence-corrected chi connectivity index (χ0v) is 14.5. The van der Waals surface area contributed by atoms with Crippen molar-refractivity contribution in [3.05, 3.63) is 82.8 Å². The highest BCUT2D eigenvalue weighted by Crippen LogP contribution is 2.29. The number of carbonyl (C=O) groups excluding carboxylic acids is 2. The van der Waals surface area contributed by atoms with Gasteiger partial charge < -0.3 is 10.1 Å². The summed E-state index contributed by atoms with van der Waals surface area (Å²) in [6, 6.07) is 10.4. The number of benzene rings is 2. The molecule has 134 valence electrons. The lowest BCUT2D eigenvalue weighted by Gasteiger charge is -2.14. The minimum absolute atomic E-state index is 0.106. The molecule has 3 rings (SSSR count). The number of hydrogen-bond donors (Lipinski definition) is 1. The number of nitriles is 1. The van der Waals surface area contributed by atoms with Gasteiger partial charge in [-0.3, -0.25) is 9.59 Å². The number of allylic oxidation sites excluding steroid dienone is 3. The maximum atomic E-state index is 13.3. The quantitative estimate of drug-likeness (QED) is 0.893. The largest absolute Gasteiger partial charge is 0.456 e. The first-order valence-electron chi connectivity index (χ1n) is 8.17. The van der Waals surface area contributed by atoms with Crippen molar-refractivity contribution in [3.63, 3.8) is 0 Å². The molecule has 0 aliphatic heterocycles. The zero-order valence-electron chi connectivity index (χ0n) is 14.5. The third-order valence-electron chi connectivity index (χ3n) is 3.90. The number of amides is 1. The first kappa shape index (κ1) is 18.1. The molecule has 0 spiro atoms. The predicted octanol–water partition coefficient (Wildman–Crippen LogP) is 3.94. The van der Waals surface area contributed by atoms with Crippen LogP contribution in [0.3, 0.4) is 0 Å². The Bertz CT molecular complexity index is 1030. The molecule has 0 atom stereocenters. The van der Waals surface area contributed by atoms with Crippen molar-refractivity contribution in [1.82, 2.24) is 5.32 Å². The van der Waals surface area contributed by atoms with Crippen molar-refractivity contribution in [2.45, 2.75) is 13.3 Å². The van der Waals surface area contributed by atoms with Gasteiger partial charge in [0.25, 0.3) is 5.91 Å². The van der Waals surface area contributed by atoms with Gasteiger partial charge in [0.2, 0.25) is 0 Å². The molecule has 0 saturated heterocycles. The average Bonchev–Trinajstić information content (AvgIpc) is 2.64. The highest BCUT2D eigenvalue weighted by atomic mass is 19.1. The van der Waals surface area contributed by atoms with Gasteiger partial charge in [0.15, 0.2) is 5.78 Å². The van der Waals surface area contributed by atoms with E-state index < -0.39 is 11.7 Å². The molecule has 0 fully saturated rings. The standard InChI is InChI=1S/C21H15FN2O3/c1-13-9-15(22)6-8-19(13)27-20-10-14(12-23)5-7-18(20)21(26)24-16-3-2-4-17(25)11-16/h2-3,5-11H,4H2,1H3,(H,24,26).